The van der Waals surface area contributed by atoms with Crippen molar-refractivity contribution in [3.8, 4) is 16.9 Å². The number of ether oxygens (including phenoxy) is 1. The van der Waals surface area contributed by atoms with Crippen molar-refractivity contribution in [1.82, 2.24) is 19.4 Å². The molecule has 39 heavy (non-hydrogen) atoms. The molecule has 2 aromatic heterocycles. The number of fused-ring (bicyclic) bond motifs is 1. The first kappa shape index (κ1) is 26.7. The zero-order valence-corrected chi connectivity index (χ0v) is 22.8. The van der Waals surface area contributed by atoms with Gasteiger partial charge in [0, 0.05) is 36.6 Å². The van der Waals surface area contributed by atoms with Crippen molar-refractivity contribution in [3.63, 3.8) is 0 Å². The molecule has 0 spiro atoms. The van der Waals surface area contributed by atoms with E-state index >= 15 is 0 Å². The molecule has 0 saturated heterocycles. The van der Waals surface area contributed by atoms with E-state index in [1.165, 1.54) is 12.1 Å². The minimum Gasteiger partial charge on any atom is -0.487 e. The first-order valence-corrected chi connectivity index (χ1v) is 13.5. The van der Waals surface area contributed by atoms with Crippen LogP contribution in [0.2, 0.25) is 5.02 Å². The minimum atomic E-state index is -0.296. The van der Waals surface area contributed by atoms with Gasteiger partial charge in [-0.3, -0.25) is 0 Å². The van der Waals surface area contributed by atoms with E-state index in [0.29, 0.717) is 16.6 Å². The Hall–Kier alpha value is -3.94. The average Bonchev–Trinajstić information content (AvgIpc) is 3.42. The van der Waals surface area contributed by atoms with E-state index in [4.69, 9.17) is 16.3 Å². The van der Waals surface area contributed by atoms with Crippen LogP contribution in [-0.2, 0) is 13.2 Å². The minimum absolute atomic E-state index is 0.223. The van der Waals surface area contributed by atoms with E-state index in [-0.39, 0.29) is 12.4 Å². The first-order chi connectivity index (χ1) is 19.0. The van der Waals surface area contributed by atoms with Crippen molar-refractivity contribution in [2.75, 3.05) is 25.0 Å². The predicted octanol–water partition coefficient (Wildman–Crippen LogP) is 7.56. The standard InChI is InChI=1S/C31H31ClFN5O/c1-3-37(4-2)14-15-38-13-12-24(19-38)23-8-10-29-27(17-23)31(35-21-34-29)36-26-9-11-30(28(32)18-26)39-20-22-6-5-7-25(33)16-22/h5-13,16-19,21H,3-4,14-15,20H2,1-2H3,(H,34,35,36). The van der Waals surface area contributed by atoms with Crippen LogP contribution in [0, 0.1) is 5.82 Å². The lowest BCUT2D eigenvalue weighted by Crippen LogP contribution is -2.26. The van der Waals surface area contributed by atoms with Crippen molar-refractivity contribution < 1.29 is 9.13 Å². The lowest BCUT2D eigenvalue weighted by atomic mass is 10.1. The van der Waals surface area contributed by atoms with E-state index in [0.717, 1.165) is 59.5 Å². The number of hydrogen-bond donors (Lipinski definition) is 1. The summed E-state index contributed by atoms with van der Waals surface area (Å²) >= 11 is 6.51. The summed E-state index contributed by atoms with van der Waals surface area (Å²) < 4.78 is 21.5. The number of benzene rings is 3. The molecule has 200 valence electrons. The van der Waals surface area contributed by atoms with Crippen molar-refractivity contribution in [2.24, 2.45) is 0 Å². The summed E-state index contributed by atoms with van der Waals surface area (Å²) in [5.74, 6) is 0.911. The van der Waals surface area contributed by atoms with Gasteiger partial charge in [0.2, 0.25) is 0 Å². The maximum Gasteiger partial charge on any atom is 0.141 e. The molecule has 6 nitrogen and oxygen atoms in total. The molecule has 8 heteroatoms. The summed E-state index contributed by atoms with van der Waals surface area (Å²) in [6.45, 7) is 8.70. The van der Waals surface area contributed by atoms with Crippen molar-refractivity contribution in [1.29, 1.82) is 0 Å². The Morgan fingerprint density at radius 2 is 1.85 bits per heavy atom. The van der Waals surface area contributed by atoms with Crippen molar-refractivity contribution in [2.45, 2.75) is 27.0 Å². The Kier molecular flexibility index (Phi) is 8.39. The fourth-order valence-corrected chi connectivity index (χ4v) is 4.74. The molecule has 0 aliphatic heterocycles. The van der Waals surface area contributed by atoms with Gasteiger partial charge < -0.3 is 19.5 Å². The number of rotatable bonds is 11. The second-order valence-electron chi connectivity index (χ2n) is 9.31. The Labute approximate surface area is 233 Å². The van der Waals surface area contributed by atoms with Gasteiger partial charge in [-0.05, 0) is 78.3 Å². The van der Waals surface area contributed by atoms with Crippen LogP contribution in [0.3, 0.4) is 0 Å². The normalized spacial score (nSPS) is 11.3. The molecule has 0 saturated carbocycles. The predicted molar refractivity (Wildman–Crippen MR) is 156 cm³/mol. The Morgan fingerprint density at radius 1 is 0.974 bits per heavy atom. The highest BCUT2D eigenvalue weighted by atomic mass is 35.5. The molecule has 5 aromatic rings. The van der Waals surface area contributed by atoms with E-state index in [2.05, 4.69) is 69.2 Å². The molecule has 0 radical (unpaired) electrons. The summed E-state index contributed by atoms with van der Waals surface area (Å²) in [7, 11) is 0. The Balaban J connectivity index is 1.32. The Morgan fingerprint density at radius 3 is 2.64 bits per heavy atom. The van der Waals surface area contributed by atoms with E-state index in [9.17, 15) is 4.39 Å². The van der Waals surface area contributed by atoms with Gasteiger partial charge in [0.05, 0.1) is 10.5 Å². The van der Waals surface area contributed by atoms with Crippen LogP contribution >= 0.6 is 11.6 Å². The van der Waals surface area contributed by atoms with E-state index in [1.54, 1.807) is 24.5 Å². The van der Waals surface area contributed by atoms with Gasteiger partial charge >= 0.3 is 0 Å². The van der Waals surface area contributed by atoms with Crippen molar-refractivity contribution >= 4 is 34.0 Å². The maximum atomic E-state index is 13.4. The Bertz CT molecular complexity index is 1570. The highest BCUT2D eigenvalue weighted by Gasteiger charge is 2.10. The highest BCUT2D eigenvalue weighted by molar-refractivity contribution is 6.32. The number of halogens is 2. The summed E-state index contributed by atoms with van der Waals surface area (Å²) in [4.78, 5) is 11.4. The third-order valence-corrected chi connectivity index (χ3v) is 7.06. The molecule has 0 atom stereocenters. The largest absolute Gasteiger partial charge is 0.487 e. The summed E-state index contributed by atoms with van der Waals surface area (Å²) in [5.41, 5.74) is 4.59. The molecule has 0 amide bonds. The molecule has 2 heterocycles. The van der Waals surface area contributed by atoms with Gasteiger partial charge in [0.25, 0.3) is 0 Å². The molecule has 0 aliphatic carbocycles. The smallest absolute Gasteiger partial charge is 0.141 e. The molecule has 0 unspecified atom stereocenters. The van der Waals surface area contributed by atoms with Gasteiger partial charge in [0.1, 0.15) is 30.3 Å². The summed E-state index contributed by atoms with van der Waals surface area (Å²) in [6, 6.07) is 20.1. The maximum absolute atomic E-state index is 13.4. The third-order valence-electron chi connectivity index (χ3n) is 6.77. The quantitative estimate of drug-likeness (QED) is 0.186. The van der Waals surface area contributed by atoms with Crippen LogP contribution in [-0.4, -0.2) is 39.1 Å². The first-order valence-electron chi connectivity index (χ1n) is 13.1. The zero-order chi connectivity index (χ0) is 27.2. The SMILES string of the molecule is CCN(CC)CCn1ccc(-c2ccc3ncnc(Nc4ccc(OCc5cccc(F)c5)c(Cl)c4)c3c2)c1. The zero-order valence-electron chi connectivity index (χ0n) is 22.1. The van der Waals surface area contributed by atoms with E-state index < -0.39 is 0 Å². The van der Waals surface area contributed by atoms with Gasteiger partial charge in [-0.2, -0.15) is 0 Å². The lowest BCUT2D eigenvalue weighted by molar-refractivity contribution is 0.291. The molecule has 0 fully saturated rings. The molecule has 3 aromatic carbocycles. The highest BCUT2D eigenvalue weighted by Crippen LogP contribution is 2.32. The molecule has 0 aliphatic rings. The van der Waals surface area contributed by atoms with Gasteiger partial charge in [0.15, 0.2) is 0 Å². The van der Waals surface area contributed by atoms with Gasteiger partial charge in [-0.25, -0.2) is 14.4 Å². The van der Waals surface area contributed by atoms with Gasteiger partial charge in [-0.15, -0.1) is 0 Å². The van der Waals surface area contributed by atoms with Crippen molar-refractivity contribution in [3.05, 3.63) is 102 Å². The van der Waals surface area contributed by atoms with Crippen LogP contribution in [0.5, 0.6) is 5.75 Å². The number of likely N-dealkylation sites (N-methyl/N-ethyl adjacent to an activating group) is 1. The summed E-state index contributed by atoms with van der Waals surface area (Å²) in [6.07, 6.45) is 5.86. The molecule has 1 N–H and O–H groups in total. The van der Waals surface area contributed by atoms with Crippen LogP contribution < -0.4 is 10.1 Å². The number of aromatic nitrogens is 3. The second-order valence-corrected chi connectivity index (χ2v) is 9.72. The van der Waals surface area contributed by atoms with E-state index in [1.807, 2.05) is 18.2 Å². The fourth-order valence-electron chi connectivity index (χ4n) is 4.50. The van der Waals surface area contributed by atoms with Gasteiger partial charge in [-0.1, -0.05) is 43.6 Å². The third kappa shape index (κ3) is 6.56. The molecule has 5 rings (SSSR count). The molecular formula is C31H31ClFN5O. The van der Waals surface area contributed by atoms with Crippen LogP contribution in [0.4, 0.5) is 15.9 Å². The number of anilines is 2. The van der Waals surface area contributed by atoms with Crippen LogP contribution in [0.15, 0.2) is 85.5 Å². The van der Waals surface area contributed by atoms with Crippen LogP contribution in [0.1, 0.15) is 19.4 Å². The number of hydrogen-bond acceptors (Lipinski definition) is 5. The monoisotopic (exact) mass is 543 g/mol. The second kappa shape index (κ2) is 12.3. The summed E-state index contributed by atoms with van der Waals surface area (Å²) in [5, 5.41) is 4.73. The number of nitrogens with one attached hydrogen (secondary N) is 1. The topological polar surface area (TPSA) is 55.2 Å². The molecular weight excluding hydrogens is 513 g/mol. The molecule has 0 bridgehead atoms. The number of nitrogens with zero attached hydrogens (tertiary/aromatic N) is 4. The lowest BCUT2D eigenvalue weighted by Gasteiger charge is -2.17. The fraction of sp³-hybridized carbons (Fsp3) is 0.226. The van der Waals surface area contributed by atoms with Crippen LogP contribution in [0.25, 0.3) is 22.0 Å². The average molecular weight is 544 g/mol.